The summed E-state index contributed by atoms with van der Waals surface area (Å²) in [6.07, 6.45) is 0.771. The van der Waals surface area contributed by atoms with E-state index in [9.17, 15) is 4.79 Å². The lowest BCUT2D eigenvalue weighted by Crippen LogP contribution is -2.44. The first-order valence-corrected chi connectivity index (χ1v) is 6.27. The molecule has 0 aliphatic carbocycles. The van der Waals surface area contributed by atoms with Gasteiger partial charge in [-0.2, -0.15) is 5.10 Å². The molecule has 0 fully saturated rings. The number of nitrogens with zero attached hydrogens (tertiary/aromatic N) is 4. The maximum atomic E-state index is 12.4. The molecule has 3 N–H and O–H groups in total. The van der Waals surface area contributed by atoms with Gasteiger partial charge in [-0.3, -0.25) is 9.48 Å². The first-order valence-electron chi connectivity index (χ1n) is 6.27. The van der Waals surface area contributed by atoms with Gasteiger partial charge in [-0.1, -0.05) is 12.1 Å². The van der Waals surface area contributed by atoms with Crippen LogP contribution in [-0.4, -0.2) is 44.7 Å². The van der Waals surface area contributed by atoms with Gasteiger partial charge in [-0.25, -0.2) is 0 Å². The fraction of sp³-hybridized carbons (Fsp3) is 0.583. The number of hydrogen-bond donors (Lipinski definition) is 2. The zero-order valence-electron chi connectivity index (χ0n) is 11.8. The van der Waals surface area contributed by atoms with Gasteiger partial charge < -0.3 is 15.8 Å². The first-order chi connectivity index (χ1) is 8.96. The van der Waals surface area contributed by atoms with E-state index in [1.165, 1.54) is 4.90 Å². The van der Waals surface area contributed by atoms with E-state index < -0.39 is 6.04 Å². The lowest BCUT2D eigenvalue weighted by atomic mass is 10.2. The number of amidine groups is 1. The summed E-state index contributed by atoms with van der Waals surface area (Å²) in [7, 11) is 1.61. The highest BCUT2D eigenvalue weighted by Crippen LogP contribution is 2.10. The molecular weight excluding hydrogens is 246 g/mol. The Bertz CT molecular complexity index is 480. The van der Waals surface area contributed by atoms with Crippen LogP contribution in [0, 0.1) is 0 Å². The van der Waals surface area contributed by atoms with Crippen LogP contribution in [0.2, 0.25) is 0 Å². The van der Waals surface area contributed by atoms with Crippen LogP contribution >= 0.6 is 0 Å². The Morgan fingerprint density at radius 3 is 2.74 bits per heavy atom. The lowest BCUT2D eigenvalue weighted by molar-refractivity contribution is 0.0764. The van der Waals surface area contributed by atoms with E-state index in [0.29, 0.717) is 12.2 Å². The number of aryl methyl sites for hydroxylation is 2. The topological polar surface area (TPSA) is 96.7 Å². The number of carbonyl (C=O) groups is 1. The van der Waals surface area contributed by atoms with E-state index in [-0.39, 0.29) is 11.7 Å². The third-order valence-corrected chi connectivity index (χ3v) is 3.16. The van der Waals surface area contributed by atoms with Crippen LogP contribution < -0.4 is 5.73 Å². The van der Waals surface area contributed by atoms with E-state index >= 15 is 0 Å². The minimum atomic E-state index is -0.484. The fourth-order valence-corrected chi connectivity index (χ4v) is 1.69. The normalized spacial score (nSPS) is 13.4. The standard InChI is InChI=1S/C12H21N5O2/c1-5-9-7-10(17(6-2)14-9)12(18)16(4)8(3)11(13)15-19/h7-8,19H,5-6H2,1-4H3,(H2,13,15). The van der Waals surface area contributed by atoms with Crippen molar-refractivity contribution in [2.24, 2.45) is 10.9 Å². The van der Waals surface area contributed by atoms with Gasteiger partial charge in [0.05, 0.1) is 11.7 Å². The van der Waals surface area contributed by atoms with Crippen LogP contribution in [0.3, 0.4) is 0 Å². The summed E-state index contributed by atoms with van der Waals surface area (Å²) in [6, 6.07) is 1.30. The van der Waals surface area contributed by atoms with Crippen LogP contribution in [0.4, 0.5) is 0 Å². The van der Waals surface area contributed by atoms with Crippen LogP contribution in [0.5, 0.6) is 0 Å². The van der Waals surface area contributed by atoms with Crippen molar-refractivity contribution in [3.8, 4) is 0 Å². The summed E-state index contributed by atoms with van der Waals surface area (Å²) < 4.78 is 1.66. The predicted octanol–water partition coefficient (Wildman–Crippen LogP) is 0.672. The molecule has 1 unspecified atom stereocenters. The summed E-state index contributed by atoms with van der Waals surface area (Å²) >= 11 is 0. The number of hydrogen-bond acceptors (Lipinski definition) is 4. The van der Waals surface area contributed by atoms with Crippen molar-refractivity contribution in [1.82, 2.24) is 14.7 Å². The van der Waals surface area contributed by atoms with E-state index in [0.717, 1.165) is 12.1 Å². The van der Waals surface area contributed by atoms with Crippen molar-refractivity contribution in [2.45, 2.75) is 39.8 Å². The molecule has 19 heavy (non-hydrogen) atoms. The van der Waals surface area contributed by atoms with Crippen molar-refractivity contribution in [3.05, 3.63) is 17.5 Å². The molecule has 0 aliphatic heterocycles. The molecule has 0 saturated heterocycles. The molecule has 0 saturated carbocycles. The number of rotatable bonds is 5. The molecule has 1 heterocycles. The highest BCUT2D eigenvalue weighted by Gasteiger charge is 2.23. The van der Waals surface area contributed by atoms with E-state index in [1.54, 1.807) is 24.7 Å². The minimum absolute atomic E-state index is 0.00544. The Kier molecular flexibility index (Phi) is 4.91. The molecule has 1 amide bonds. The molecule has 7 nitrogen and oxygen atoms in total. The van der Waals surface area contributed by atoms with Gasteiger partial charge in [-0.05, 0) is 26.3 Å². The third kappa shape index (κ3) is 3.04. The second kappa shape index (κ2) is 6.21. The number of aromatic nitrogens is 2. The van der Waals surface area contributed by atoms with Gasteiger partial charge in [0.1, 0.15) is 5.69 Å². The van der Waals surface area contributed by atoms with Crippen molar-refractivity contribution < 1.29 is 10.0 Å². The van der Waals surface area contributed by atoms with Crippen molar-refractivity contribution in [2.75, 3.05) is 7.05 Å². The van der Waals surface area contributed by atoms with Crippen LogP contribution in [-0.2, 0) is 13.0 Å². The second-order valence-electron chi connectivity index (χ2n) is 4.31. The van der Waals surface area contributed by atoms with Gasteiger partial charge in [0.25, 0.3) is 5.91 Å². The molecule has 0 aromatic carbocycles. The van der Waals surface area contributed by atoms with E-state index in [1.807, 2.05) is 13.8 Å². The second-order valence-corrected chi connectivity index (χ2v) is 4.31. The van der Waals surface area contributed by atoms with Crippen molar-refractivity contribution in [3.63, 3.8) is 0 Å². The maximum Gasteiger partial charge on any atom is 0.272 e. The summed E-state index contributed by atoms with van der Waals surface area (Å²) in [5.74, 6) is -0.206. The molecule has 106 valence electrons. The van der Waals surface area contributed by atoms with Gasteiger partial charge in [0.15, 0.2) is 5.84 Å². The lowest BCUT2D eigenvalue weighted by Gasteiger charge is -2.23. The number of carbonyl (C=O) groups excluding carboxylic acids is 1. The molecule has 0 bridgehead atoms. The number of oxime groups is 1. The maximum absolute atomic E-state index is 12.4. The average molecular weight is 267 g/mol. The smallest absolute Gasteiger partial charge is 0.272 e. The SMILES string of the molecule is CCc1cc(C(=O)N(C)C(C)C(N)=NO)n(CC)n1. The summed E-state index contributed by atoms with van der Waals surface area (Å²) in [5, 5.41) is 15.9. The molecule has 7 heteroatoms. The molecule has 0 radical (unpaired) electrons. The zero-order valence-corrected chi connectivity index (χ0v) is 11.8. The number of likely N-dealkylation sites (N-methyl/N-ethyl adjacent to an activating group) is 1. The van der Waals surface area contributed by atoms with Gasteiger partial charge >= 0.3 is 0 Å². The molecule has 1 aromatic heterocycles. The predicted molar refractivity (Wildman–Crippen MR) is 72.2 cm³/mol. The summed E-state index contributed by atoms with van der Waals surface area (Å²) in [4.78, 5) is 13.8. The van der Waals surface area contributed by atoms with Gasteiger partial charge in [-0.15, -0.1) is 0 Å². The molecule has 1 atom stereocenters. The average Bonchev–Trinajstić information content (AvgIpc) is 2.87. The fourth-order valence-electron chi connectivity index (χ4n) is 1.69. The summed E-state index contributed by atoms with van der Waals surface area (Å²) in [5.41, 5.74) is 6.90. The number of nitrogens with two attached hydrogens (primary N) is 1. The largest absolute Gasteiger partial charge is 0.409 e. The van der Waals surface area contributed by atoms with Crippen LogP contribution in [0.1, 0.15) is 37.0 Å². The zero-order chi connectivity index (χ0) is 14.6. The highest BCUT2D eigenvalue weighted by atomic mass is 16.4. The minimum Gasteiger partial charge on any atom is -0.409 e. The third-order valence-electron chi connectivity index (χ3n) is 3.16. The Labute approximate surface area is 112 Å². The van der Waals surface area contributed by atoms with Crippen molar-refractivity contribution >= 4 is 11.7 Å². The molecular formula is C12H21N5O2. The summed E-state index contributed by atoms with van der Waals surface area (Å²) in [6.45, 7) is 6.22. The Morgan fingerprint density at radius 1 is 1.63 bits per heavy atom. The Balaban J connectivity index is 3.02. The molecule has 1 aromatic rings. The van der Waals surface area contributed by atoms with Gasteiger partial charge in [0.2, 0.25) is 0 Å². The van der Waals surface area contributed by atoms with Gasteiger partial charge in [0, 0.05) is 13.6 Å². The first kappa shape index (κ1) is 15.0. The monoisotopic (exact) mass is 267 g/mol. The molecule has 0 spiro atoms. The quantitative estimate of drug-likeness (QED) is 0.355. The number of amides is 1. The molecule has 1 rings (SSSR count). The Hall–Kier alpha value is -2.05. The van der Waals surface area contributed by atoms with Crippen LogP contribution in [0.15, 0.2) is 11.2 Å². The van der Waals surface area contributed by atoms with Crippen LogP contribution in [0.25, 0.3) is 0 Å². The Morgan fingerprint density at radius 2 is 2.26 bits per heavy atom. The highest BCUT2D eigenvalue weighted by molar-refractivity contribution is 5.96. The van der Waals surface area contributed by atoms with Crippen molar-refractivity contribution in [1.29, 1.82) is 0 Å². The molecule has 0 aliphatic rings. The van der Waals surface area contributed by atoms with E-state index in [2.05, 4.69) is 10.3 Å². The van der Waals surface area contributed by atoms with E-state index in [4.69, 9.17) is 10.9 Å².